The summed E-state index contributed by atoms with van der Waals surface area (Å²) in [5, 5.41) is 27.3. The molecule has 0 spiro atoms. The highest BCUT2D eigenvalue weighted by molar-refractivity contribution is 6.32. The Balaban J connectivity index is 1.21. The van der Waals surface area contributed by atoms with Crippen LogP contribution in [0.5, 0.6) is 0 Å². The second-order valence-corrected chi connectivity index (χ2v) is 17.0. The van der Waals surface area contributed by atoms with Crippen LogP contribution in [0.2, 0.25) is 0 Å². The number of para-hydroxylation sites is 1. The lowest BCUT2D eigenvalue weighted by molar-refractivity contribution is 0.664. The predicted molar refractivity (Wildman–Crippen MR) is 234 cm³/mol. The van der Waals surface area contributed by atoms with Crippen molar-refractivity contribution in [3.05, 3.63) is 228 Å². The first-order valence-corrected chi connectivity index (χ1v) is 20.6. The minimum Gasteiger partial charge on any atom is -0.455 e. The Kier molecular flexibility index (Phi) is 5.36. The number of aromatic nitrogens is 1. The van der Waals surface area contributed by atoms with E-state index in [1.807, 2.05) is 24.3 Å². The molecule has 0 amide bonds. The fourth-order valence-electron chi connectivity index (χ4n) is 12.7. The van der Waals surface area contributed by atoms with Gasteiger partial charge in [0.2, 0.25) is 5.43 Å². The largest absolute Gasteiger partial charge is 0.455 e. The number of nitriles is 2. The lowest BCUT2D eigenvalue weighted by Gasteiger charge is -2.43. The maximum atomic E-state index is 14.9. The van der Waals surface area contributed by atoms with Crippen LogP contribution in [-0.2, 0) is 0 Å². The van der Waals surface area contributed by atoms with Crippen LogP contribution in [0.1, 0.15) is 102 Å². The van der Waals surface area contributed by atoms with Crippen LogP contribution in [-0.4, -0.2) is 4.40 Å². The highest BCUT2D eigenvalue weighted by atomic mass is 16.3. The van der Waals surface area contributed by atoms with Crippen molar-refractivity contribution in [2.24, 2.45) is 0 Å². The molecule has 0 saturated carbocycles. The first-order chi connectivity index (χ1) is 29.7. The van der Waals surface area contributed by atoms with Gasteiger partial charge in [0.05, 0.1) is 56.0 Å². The first-order valence-electron chi connectivity index (χ1n) is 20.6. The van der Waals surface area contributed by atoms with Gasteiger partial charge in [-0.1, -0.05) is 109 Å². The number of hydrogen-bond acceptors (Lipinski definition) is 4. The topological polar surface area (TPSA) is 82.2 Å². The van der Waals surface area contributed by atoms with Crippen LogP contribution in [0.3, 0.4) is 0 Å². The summed E-state index contributed by atoms with van der Waals surface area (Å²) in [5.74, 6) is -0.480. The van der Waals surface area contributed by atoms with Gasteiger partial charge in [0.25, 0.3) is 0 Å². The summed E-state index contributed by atoms with van der Waals surface area (Å²) in [7, 11) is 0. The maximum Gasteiger partial charge on any atom is 0.200 e. The van der Waals surface area contributed by atoms with Crippen molar-refractivity contribution < 1.29 is 4.42 Å². The second-order valence-electron chi connectivity index (χ2n) is 17.0. The summed E-state index contributed by atoms with van der Waals surface area (Å²) in [6.07, 6.45) is 0. The molecule has 5 heteroatoms. The molecule has 274 valence electrons. The van der Waals surface area contributed by atoms with Gasteiger partial charge in [-0.25, -0.2) is 0 Å². The van der Waals surface area contributed by atoms with Crippen molar-refractivity contribution in [1.29, 1.82) is 10.5 Å². The minimum atomic E-state index is -0.140. The first kappa shape index (κ1) is 31.1. The van der Waals surface area contributed by atoms with E-state index in [9.17, 15) is 15.3 Å². The van der Waals surface area contributed by atoms with E-state index in [4.69, 9.17) is 4.42 Å². The quantitative estimate of drug-likeness (QED) is 0.144. The van der Waals surface area contributed by atoms with Gasteiger partial charge in [0, 0.05) is 39.8 Å². The monoisotopic (exact) mass is 761 g/mol. The van der Waals surface area contributed by atoms with E-state index in [-0.39, 0.29) is 29.1 Å². The highest BCUT2D eigenvalue weighted by Crippen LogP contribution is 2.62. The summed E-state index contributed by atoms with van der Waals surface area (Å²) in [4.78, 5) is 14.9. The molecular weight excluding hydrogens is 735 g/mol. The predicted octanol–water partition coefficient (Wildman–Crippen LogP) is 11.8. The van der Waals surface area contributed by atoms with Gasteiger partial charge in [-0.05, 0) is 97.1 Å². The van der Waals surface area contributed by atoms with E-state index in [0.717, 1.165) is 60.3 Å². The summed E-state index contributed by atoms with van der Waals surface area (Å²) in [6.45, 7) is 0. The van der Waals surface area contributed by atoms with Crippen LogP contribution >= 0.6 is 0 Å². The fourth-order valence-corrected chi connectivity index (χ4v) is 12.7. The summed E-state index contributed by atoms with van der Waals surface area (Å²) >= 11 is 0. The van der Waals surface area contributed by atoms with Gasteiger partial charge < -0.3 is 8.82 Å². The molecule has 0 saturated heterocycles. The van der Waals surface area contributed by atoms with Crippen molar-refractivity contribution in [2.75, 3.05) is 0 Å². The number of fused-ring (bicyclic) bond motifs is 9. The van der Waals surface area contributed by atoms with Crippen LogP contribution in [0.4, 0.5) is 0 Å². The van der Waals surface area contributed by atoms with Crippen LogP contribution in [0.15, 0.2) is 149 Å². The standard InChI is InChI=1S/C55H27N3O2/c56-24-26-21-39-48(50-42(26)44-28-11-1-5-15-32(28)46(50)33-16-6-2-12-29(33)44)37-23-38-54(59)36-19-9-10-20-41(36)60-55(38)52-49-40(58(39)53(37)52)22-27(25-57)43-45-30-13-3-7-17-34(30)47(51(43)49)35-18-8-4-14-31(35)45/h1-23,44-47H. The van der Waals surface area contributed by atoms with Crippen molar-refractivity contribution in [3.8, 4) is 12.1 Å². The van der Waals surface area contributed by atoms with E-state index in [2.05, 4.69) is 132 Å². The Hall–Kier alpha value is -7.99. The highest BCUT2D eigenvalue weighted by Gasteiger charge is 2.47. The average molecular weight is 762 g/mol. The SMILES string of the molecule is N#Cc1cc2c(c3c1C1c4ccccc4C3c3ccccc31)c1cc3c(=O)c4ccccc4oc3c3c4c5c(c(C#N)cc4n2c13)C1c2ccccc2C5c2ccccc21. The Morgan fingerprint density at radius 3 is 1.35 bits per heavy atom. The van der Waals surface area contributed by atoms with Crippen molar-refractivity contribution in [1.82, 2.24) is 4.40 Å². The minimum absolute atomic E-state index is 0.0706. The average Bonchev–Trinajstić information content (AvgIpc) is 3.83. The van der Waals surface area contributed by atoms with Gasteiger partial charge in [-0.15, -0.1) is 0 Å². The molecule has 0 N–H and O–H groups in total. The molecule has 0 atom stereocenters. The lowest BCUT2D eigenvalue weighted by atomic mass is 9.59. The van der Waals surface area contributed by atoms with Crippen molar-refractivity contribution in [2.45, 2.75) is 23.7 Å². The van der Waals surface area contributed by atoms with Gasteiger partial charge in [-0.2, -0.15) is 10.5 Å². The second kappa shape index (κ2) is 10.4. The molecule has 3 heterocycles. The Labute approximate surface area is 341 Å². The Morgan fingerprint density at radius 2 is 0.867 bits per heavy atom. The third-order valence-corrected chi connectivity index (χ3v) is 14.7. The molecule has 3 aromatic heterocycles. The summed E-state index contributed by atoms with van der Waals surface area (Å²) in [5.41, 5.74) is 19.3. The molecule has 4 bridgehead atoms. The van der Waals surface area contributed by atoms with Gasteiger partial charge in [0.1, 0.15) is 11.2 Å². The molecule has 6 aliphatic rings. The maximum absolute atomic E-state index is 14.9. The number of nitrogens with zero attached hydrogens (tertiary/aromatic N) is 3. The zero-order valence-corrected chi connectivity index (χ0v) is 31.7. The molecule has 0 radical (unpaired) electrons. The van der Waals surface area contributed by atoms with Crippen LogP contribution < -0.4 is 5.43 Å². The fraction of sp³-hybridized carbons (Fsp3) is 0.0727. The smallest absolute Gasteiger partial charge is 0.200 e. The molecular formula is C55H27N3O2. The van der Waals surface area contributed by atoms with Crippen LogP contribution in [0.25, 0.3) is 60.0 Å². The lowest BCUT2D eigenvalue weighted by Crippen LogP contribution is -2.28. The van der Waals surface area contributed by atoms with Crippen molar-refractivity contribution in [3.63, 3.8) is 0 Å². The van der Waals surface area contributed by atoms with E-state index in [1.165, 1.54) is 44.5 Å². The van der Waals surface area contributed by atoms with E-state index >= 15 is 0 Å². The van der Waals surface area contributed by atoms with E-state index in [1.54, 1.807) is 0 Å². The van der Waals surface area contributed by atoms with Gasteiger partial charge in [0.15, 0.2) is 0 Å². The Bertz CT molecular complexity index is 3950. The zero-order valence-electron chi connectivity index (χ0n) is 31.7. The third kappa shape index (κ3) is 3.29. The van der Waals surface area contributed by atoms with Gasteiger partial charge >= 0.3 is 0 Å². The molecule has 0 fully saturated rings. The number of benzene rings is 8. The third-order valence-electron chi connectivity index (χ3n) is 14.7. The van der Waals surface area contributed by atoms with Crippen LogP contribution in [0, 0.1) is 22.7 Å². The molecule has 11 aromatic rings. The normalized spacial score (nSPS) is 18.7. The molecule has 0 unspecified atom stereocenters. The number of rotatable bonds is 0. The Morgan fingerprint density at radius 1 is 0.450 bits per heavy atom. The molecule has 0 aliphatic heterocycles. The molecule has 8 aromatic carbocycles. The number of hydrogen-bond donors (Lipinski definition) is 0. The molecule has 17 rings (SSSR count). The summed E-state index contributed by atoms with van der Waals surface area (Å²) in [6, 6.07) is 53.8. The molecule has 6 aliphatic carbocycles. The van der Waals surface area contributed by atoms with Gasteiger partial charge in [-0.3, -0.25) is 4.79 Å². The summed E-state index contributed by atoms with van der Waals surface area (Å²) < 4.78 is 9.28. The zero-order chi connectivity index (χ0) is 39.3. The van der Waals surface area contributed by atoms with Crippen molar-refractivity contribution >= 4 is 60.0 Å². The molecule has 5 nitrogen and oxygen atoms in total. The van der Waals surface area contributed by atoms with E-state index < -0.39 is 0 Å². The van der Waals surface area contributed by atoms with E-state index in [0.29, 0.717) is 33.1 Å². The molecule has 60 heavy (non-hydrogen) atoms.